The van der Waals surface area contributed by atoms with E-state index >= 15 is 0 Å². The Bertz CT molecular complexity index is 808. The van der Waals surface area contributed by atoms with Crippen LogP contribution < -0.4 is 20.1 Å². The highest BCUT2D eigenvalue weighted by atomic mass is 16.5. The molecule has 29 heavy (non-hydrogen) atoms. The first-order valence-electron chi connectivity index (χ1n) is 9.84. The Balaban J connectivity index is 1.97. The zero-order chi connectivity index (χ0) is 21.2. The zero-order valence-electron chi connectivity index (χ0n) is 17.5. The lowest BCUT2D eigenvalue weighted by atomic mass is 9.97. The lowest BCUT2D eigenvalue weighted by Gasteiger charge is -2.23. The fourth-order valence-corrected chi connectivity index (χ4v) is 2.99. The maximum absolute atomic E-state index is 12.8. The lowest BCUT2D eigenvalue weighted by Crippen LogP contribution is -2.50. The number of benzene rings is 2. The molecule has 0 spiro atoms. The van der Waals surface area contributed by atoms with Crippen LogP contribution in [-0.2, 0) is 11.2 Å². The minimum absolute atomic E-state index is 0.0174. The van der Waals surface area contributed by atoms with Crippen LogP contribution in [-0.4, -0.2) is 38.6 Å². The molecule has 0 heterocycles. The van der Waals surface area contributed by atoms with Crippen molar-refractivity contribution in [3.8, 4) is 11.5 Å². The van der Waals surface area contributed by atoms with Crippen molar-refractivity contribution in [1.82, 2.24) is 10.6 Å². The molecule has 0 saturated heterocycles. The van der Waals surface area contributed by atoms with Gasteiger partial charge in [0.15, 0.2) is 11.5 Å². The topological polar surface area (TPSA) is 76.7 Å². The summed E-state index contributed by atoms with van der Waals surface area (Å²) in [5.74, 6) is 0.920. The molecule has 2 aromatic carbocycles. The van der Waals surface area contributed by atoms with Crippen molar-refractivity contribution in [3.05, 3.63) is 59.7 Å². The maximum atomic E-state index is 12.8. The Labute approximate surface area is 172 Å². The Morgan fingerprint density at radius 1 is 1.00 bits per heavy atom. The molecule has 0 saturated carbocycles. The number of carbonyl (C=O) groups excluding carboxylic acids is 2. The summed E-state index contributed by atoms with van der Waals surface area (Å²) >= 11 is 0. The van der Waals surface area contributed by atoms with Gasteiger partial charge in [-0.3, -0.25) is 9.59 Å². The normalized spacial score (nSPS) is 12.6. The average Bonchev–Trinajstić information content (AvgIpc) is 2.77. The van der Waals surface area contributed by atoms with Gasteiger partial charge in [-0.2, -0.15) is 0 Å². The quantitative estimate of drug-likeness (QED) is 0.644. The van der Waals surface area contributed by atoms with E-state index in [1.54, 1.807) is 38.5 Å². The van der Waals surface area contributed by atoms with E-state index in [-0.39, 0.29) is 17.7 Å². The number of rotatable bonds is 10. The molecule has 0 aliphatic rings. The molecule has 0 fully saturated rings. The highest BCUT2D eigenvalue weighted by Gasteiger charge is 2.26. The predicted octanol–water partition coefficient (Wildman–Crippen LogP) is 3.21. The largest absolute Gasteiger partial charge is 0.493 e. The van der Waals surface area contributed by atoms with Crippen LogP contribution in [0.4, 0.5) is 0 Å². The maximum Gasteiger partial charge on any atom is 0.251 e. The Morgan fingerprint density at radius 2 is 1.69 bits per heavy atom. The van der Waals surface area contributed by atoms with Gasteiger partial charge in [0.2, 0.25) is 5.91 Å². The fraction of sp³-hybridized carbons (Fsp3) is 0.391. The second-order valence-electron chi connectivity index (χ2n) is 6.93. The van der Waals surface area contributed by atoms with Crippen molar-refractivity contribution in [2.24, 2.45) is 5.92 Å². The van der Waals surface area contributed by atoms with E-state index in [4.69, 9.17) is 9.47 Å². The summed E-state index contributed by atoms with van der Waals surface area (Å²) in [5, 5.41) is 5.82. The SMILES string of the molecule is CCC(C)C(NC(=O)c1ccccc1)C(=O)NCCc1ccc(OC)c(OC)c1. The standard InChI is InChI=1S/C23H30N2O4/c1-5-16(2)21(25-22(26)18-9-7-6-8-10-18)23(27)24-14-13-17-11-12-19(28-3)20(15-17)29-4/h6-12,15-16,21H,5,13-14H2,1-4H3,(H,24,27)(H,25,26). The first-order valence-corrected chi connectivity index (χ1v) is 9.84. The number of hydrogen-bond acceptors (Lipinski definition) is 4. The number of hydrogen-bond donors (Lipinski definition) is 2. The second-order valence-corrected chi connectivity index (χ2v) is 6.93. The Kier molecular flexibility index (Phi) is 8.52. The van der Waals surface area contributed by atoms with Gasteiger partial charge < -0.3 is 20.1 Å². The monoisotopic (exact) mass is 398 g/mol. The van der Waals surface area contributed by atoms with Crippen LogP contribution in [0, 0.1) is 5.92 Å². The third-order valence-corrected chi connectivity index (χ3v) is 4.98. The minimum Gasteiger partial charge on any atom is -0.493 e. The molecular weight excluding hydrogens is 368 g/mol. The van der Waals surface area contributed by atoms with E-state index in [0.29, 0.717) is 30.0 Å². The fourth-order valence-electron chi connectivity index (χ4n) is 2.99. The molecule has 0 bridgehead atoms. The van der Waals surface area contributed by atoms with Gasteiger partial charge >= 0.3 is 0 Å². The lowest BCUT2D eigenvalue weighted by molar-refractivity contribution is -0.124. The van der Waals surface area contributed by atoms with Gasteiger partial charge in [0.25, 0.3) is 5.91 Å². The van der Waals surface area contributed by atoms with Gasteiger partial charge in [-0.05, 0) is 42.2 Å². The highest BCUT2D eigenvalue weighted by molar-refractivity contribution is 5.97. The molecule has 2 unspecified atom stereocenters. The molecule has 0 radical (unpaired) electrons. The molecule has 156 valence electrons. The first-order chi connectivity index (χ1) is 14.0. The molecular formula is C23H30N2O4. The van der Waals surface area contributed by atoms with Crippen molar-refractivity contribution >= 4 is 11.8 Å². The van der Waals surface area contributed by atoms with Gasteiger partial charge in [-0.15, -0.1) is 0 Å². The number of ether oxygens (including phenoxy) is 2. The summed E-state index contributed by atoms with van der Waals surface area (Å²) in [5.41, 5.74) is 1.57. The third kappa shape index (κ3) is 6.24. The van der Waals surface area contributed by atoms with Crippen molar-refractivity contribution in [2.45, 2.75) is 32.7 Å². The van der Waals surface area contributed by atoms with Crippen LogP contribution in [0.15, 0.2) is 48.5 Å². The number of carbonyl (C=O) groups is 2. The Hall–Kier alpha value is -3.02. The van der Waals surface area contributed by atoms with E-state index in [1.807, 2.05) is 38.1 Å². The molecule has 0 aromatic heterocycles. The molecule has 2 rings (SSSR count). The van der Waals surface area contributed by atoms with Crippen LogP contribution in [0.2, 0.25) is 0 Å². The van der Waals surface area contributed by atoms with Crippen molar-refractivity contribution in [1.29, 1.82) is 0 Å². The summed E-state index contributed by atoms with van der Waals surface area (Å²) in [7, 11) is 3.19. The van der Waals surface area contributed by atoms with Gasteiger partial charge in [-0.1, -0.05) is 44.5 Å². The predicted molar refractivity (Wildman–Crippen MR) is 113 cm³/mol. The Morgan fingerprint density at radius 3 is 2.31 bits per heavy atom. The van der Waals surface area contributed by atoms with Crippen molar-refractivity contribution in [2.75, 3.05) is 20.8 Å². The van der Waals surface area contributed by atoms with Crippen LogP contribution >= 0.6 is 0 Å². The average molecular weight is 399 g/mol. The molecule has 6 heteroatoms. The summed E-state index contributed by atoms with van der Waals surface area (Å²) in [6.07, 6.45) is 1.43. The molecule has 2 aromatic rings. The van der Waals surface area contributed by atoms with E-state index in [1.165, 1.54) is 0 Å². The zero-order valence-corrected chi connectivity index (χ0v) is 17.5. The van der Waals surface area contributed by atoms with Gasteiger partial charge in [0.05, 0.1) is 14.2 Å². The molecule has 0 aliphatic heterocycles. The van der Waals surface area contributed by atoms with Gasteiger partial charge in [0, 0.05) is 12.1 Å². The van der Waals surface area contributed by atoms with Gasteiger partial charge in [-0.25, -0.2) is 0 Å². The second kappa shape index (κ2) is 11.1. The number of nitrogens with one attached hydrogen (secondary N) is 2. The van der Waals surface area contributed by atoms with E-state index in [0.717, 1.165) is 12.0 Å². The molecule has 6 nitrogen and oxygen atoms in total. The van der Waals surface area contributed by atoms with E-state index in [9.17, 15) is 9.59 Å². The smallest absolute Gasteiger partial charge is 0.251 e. The van der Waals surface area contributed by atoms with E-state index < -0.39 is 6.04 Å². The summed E-state index contributed by atoms with van der Waals surface area (Å²) in [4.78, 5) is 25.2. The van der Waals surface area contributed by atoms with Crippen LogP contribution in [0.1, 0.15) is 36.2 Å². The number of amides is 2. The summed E-state index contributed by atoms with van der Waals surface area (Å²) in [6.45, 7) is 4.43. The summed E-state index contributed by atoms with van der Waals surface area (Å²) in [6, 6.07) is 14.0. The number of methoxy groups -OCH3 is 2. The van der Waals surface area contributed by atoms with Crippen molar-refractivity contribution < 1.29 is 19.1 Å². The van der Waals surface area contributed by atoms with Crippen LogP contribution in [0.25, 0.3) is 0 Å². The van der Waals surface area contributed by atoms with Crippen molar-refractivity contribution in [3.63, 3.8) is 0 Å². The highest BCUT2D eigenvalue weighted by Crippen LogP contribution is 2.27. The minimum atomic E-state index is -0.585. The summed E-state index contributed by atoms with van der Waals surface area (Å²) < 4.78 is 10.6. The first kappa shape index (κ1) is 22.3. The molecule has 0 aliphatic carbocycles. The van der Waals surface area contributed by atoms with E-state index in [2.05, 4.69) is 10.6 Å². The van der Waals surface area contributed by atoms with Gasteiger partial charge in [0.1, 0.15) is 6.04 Å². The van der Waals surface area contributed by atoms with Crippen LogP contribution in [0.5, 0.6) is 11.5 Å². The molecule has 2 N–H and O–H groups in total. The molecule has 2 amide bonds. The molecule has 2 atom stereocenters. The van der Waals surface area contributed by atoms with Crippen LogP contribution in [0.3, 0.4) is 0 Å². The third-order valence-electron chi connectivity index (χ3n) is 4.98.